The van der Waals surface area contributed by atoms with Crippen LogP contribution in [0.25, 0.3) is 0 Å². The summed E-state index contributed by atoms with van der Waals surface area (Å²) in [5.41, 5.74) is -1.46. The summed E-state index contributed by atoms with van der Waals surface area (Å²) in [6, 6.07) is 8.76. The number of carbonyl (C=O) groups excluding carboxylic acids is 4. The number of amides is 3. The van der Waals surface area contributed by atoms with Crippen LogP contribution in [0.2, 0.25) is 0 Å². The second-order valence-corrected chi connectivity index (χ2v) is 13.1. The maximum absolute atomic E-state index is 13.0. The molecule has 1 aliphatic carbocycles. The number of esters is 1. The van der Waals surface area contributed by atoms with Crippen molar-refractivity contribution in [2.24, 2.45) is 11.8 Å². The number of aliphatic hydroxyl groups is 1. The highest BCUT2D eigenvalue weighted by atomic mass is 16.6. The zero-order valence-electron chi connectivity index (χ0n) is 27.2. The largest absolute Gasteiger partial charge is 0.460 e. The topological polar surface area (TPSA) is 152 Å². The van der Waals surface area contributed by atoms with E-state index in [1.807, 2.05) is 30.3 Å². The van der Waals surface area contributed by atoms with Gasteiger partial charge in [0.2, 0.25) is 5.91 Å². The first-order valence-corrected chi connectivity index (χ1v) is 15.0. The van der Waals surface area contributed by atoms with E-state index in [4.69, 9.17) is 14.2 Å². The lowest BCUT2D eigenvalue weighted by molar-refractivity contribution is -0.161. The normalized spacial score (nSPS) is 18.6. The fraction of sp³-hybridized carbons (Fsp3) is 0.576. The summed E-state index contributed by atoms with van der Waals surface area (Å²) in [7, 11) is 0. The van der Waals surface area contributed by atoms with E-state index in [1.54, 1.807) is 67.5 Å². The number of allylic oxidation sites excluding steroid dienone is 1. The van der Waals surface area contributed by atoms with Crippen LogP contribution in [0.1, 0.15) is 80.2 Å². The van der Waals surface area contributed by atoms with Crippen LogP contribution in [0.15, 0.2) is 54.1 Å². The molecule has 0 saturated heterocycles. The Morgan fingerprint density at radius 1 is 0.955 bits per heavy atom. The van der Waals surface area contributed by atoms with Crippen molar-refractivity contribution in [1.29, 1.82) is 0 Å². The molecule has 0 heterocycles. The second-order valence-electron chi connectivity index (χ2n) is 13.1. The first-order valence-electron chi connectivity index (χ1n) is 15.0. The van der Waals surface area contributed by atoms with Gasteiger partial charge in [0.25, 0.3) is 0 Å². The molecule has 0 radical (unpaired) electrons. The maximum atomic E-state index is 13.0. The number of hydrogen-bond donors (Lipinski definition) is 4. The van der Waals surface area contributed by atoms with Crippen LogP contribution < -0.4 is 16.0 Å². The van der Waals surface area contributed by atoms with Gasteiger partial charge >= 0.3 is 18.2 Å². The monoisotopic (exact) mass is 615 g/mol. The summed E-state index contributed by atoms with van der Waals surface area (Å²) >= 11 is 0. The van der Waals surface area contributed by atoms with Crippen LogP contribution in [0, 0.1) is 11.8 Å². The molecule has 0 saturated carbocycles. The van der Waals surface area contributed by atoms with Gasteiger partial charge in [-0.25, -0.2) is 9.59 Å². The Hall–Kier alpha value is -3.86. The van der Waals surface area contributed by atoms with E-state index in [-0.39, 0.29) is 26.0 Å². The predicted molar refractivity (Wildman–Crippen MR) is 166 cm³/mol. The lowest BCUT2D eigenvalue weighted by Crippen LogP contribution is -2.49. The molecule has 0 aromatic heterocycles. The van der Waals surface area contributed by atoms with E-state index in [2.05, 4.69) is 16.0 Å². The lowest BCUT2D eigenvalue weighted by atomic mass is 9.78. The second kappa shape index (κ2) is 15.7. The number of alkyl carbamates (subject to hydrolysis) is 2. The van der Waals surface area contributed by atoms with Crippen LogP contribution in [0.4, 0.5) is 9.59 Å². The van der Waals surface area contributed by atoms with E-state index >= 15 is 0 Å². The van der Waals surface area contributed by atoms with Crippen LogP contribution in [0.5, 0.6) is 0 Å². The van der Waals surface area contributed by atoms with Gasteiger partial charge in [-0.3, -0.25) is 9.59 Å². The molecule has 4 atom stereocenters. The summed E-state index contributed by atoms with van der Waals surface area (Å²) in [6.07, 6.45) is 4.12. The Morgan fingerprint density at radius 3 is 2.16 bits per heavy atom. The van der Waals surface area contributed by atoms with Gasteiger partial charge in [-0.1, -0.05) is 49.4 Å². The van der Waals surface area contributed by atoms with Crippen molar-refractivity contribution >= 4 is 24.1 Å². The summed E-state index contributed by atoms with van der Waals surface area (Å²) in [4.78, 5) is 50.0. The van der Waals surface area contributed by atoms with Gasteiger partial charge in [0.15, 0.2) is 5.72 Å². The first-order chi connectivity index (χ1) is 20.4. The Morgan fingerprint density at radius 2 is 1.59 bits per heavy atom. The molecule has 1 aliphatic rings. The lowest BCUT2D eigenvalue weighted by Gasteiger charge is -2.35. The third-order valence-electron chi connectivity index (χ3n) is 6.60. The molecular formula is C33H49N3O8. The summed E-state index contributed by atoms with van der Waals surface area (Å²) in [5.74, 6) is -1.99. The smallest absolute Gasteiger partial charge is 0.407 e. The highest BCUT2D eigenvalue weighted by Crippen LogP contribution is 2.32. The van der Waals surface area contributed by atoms with Crippen LogP contribution in [-0.4, -0.2) is 58.7 Å². The third kappa shape index (κ3) is 13.2. The molecule has 44 heavy (non-hydrogen) atoms. The third-order valence-corrected chi connectivity index (χ3v) is 6.60. The molecular weight excluding hydrogens is 566 g/mol. The quantitative estimate of drug-likeness (QED) is 0.112. The molecule has 2 rings (SSSR count). The van der Waals surface area contributed by atoms with Crippen LogP contribution >= 0.6 is 0 Å². The minimum Gasteiger partial charge on any atom is -0.460 e. The standard InChI is InChI=1S/C33H49N3O8/c1-22(28(38)43-31(3,4)5)27(23(2)35-30(40)44-32(6,7)8)25-16-18-33(41,19-17-25)36-26(37)15-12-20-34-29(39)42-21-24-13-10-9-11-14-24/h9-11,13-14,16-18,22-23,27,41H,12,15,19-21H2,1-8H3,(H,34,39)(H,35,40)(H,36,37). The highest BCUT2D eigenvalue weighted by molar-refractivity contribution is 5.77. The van der Waals surface area contributed by atoms with Gasteiger partial charge in [0.1, 0.15) is 17.8 Å². The summed E-state index contributed by atoms with van der Waals surface area (Å²) in [5, 5.41) is 19.1. The van der Waals surface area contributed by atoms with Crippen molar-refractivity contribution in [2.75, 3.05) is 6.54 Å². The number of nitrogens with one attached hydrogen (secondary N) is 3. The minimum absolute atomic E-state index is 0.0470. The van der Waals surface area contributed by atoms with Crippen molar-refractivity contribution in [3.05, 3.63) is 59.7 Å². The van der Waals surface area contributed by atoms with Gasteiger partial charge in [-0.15, -0.1) is 0 Å². The molecule has 1 aromatic carbocycles. The molecule has 244 valence electrons. The van der Waals surface area contributed by atoms with E-state index in [1.165, 1.54) is 6.08 Å². The average Bonchev–Trinajstić information content (AvgIpc) is 2.89. The number of benzene rings is 1. The van der Waals surface area contributed by atoms with Crippen LogP contribution in [0.3, 0.4) is 0 Å². The summed E-state index contributed by atoms with van der Waals surface area (Å²) < 4.78 is 16.2. The number of ether oxygens (including phenoxy) is 3. The van der Waals surface area contributed by atoms with Crippen molar-refractivity contribution in [3.63, 3.8) is 0 Å². The van der Waals surface area contributed by atoms with Gasteiger partial charge in [0, 0.05) is 31.3 Å². The molecule has 0 fully saturated rings. The zero-order valence-corrected chi connectivity index (χ0v) is 27.2. The molecule has 4 N–H and O–H groups in total. The average molecular weight is 616 g/mol. The fourth-order valence-electron chi connectivity index (χ4n) is 4.64. The minimum atomic E-state index is -1.63. The van der Waals surface area contributed by atoms with E-state index in [0.29, 0.717) is 12.0 Å². The van der Waals surface area contributed by atoms with Gasteiger partial charge in [-0.2, -0.15) is 0 Å². The SMILES string of the molecule is CC(NC(=O)OC(C)(C)C)C(C1=CCC(O)(NC(=O)CCCNC(=O)OCc2ccccc2)C=C1)C(C)C(=O)OC(C)(C)C. The van der Waals surface area contributed by atoms with Crippen molar-refractivity contribution in [1.82, 2.24) is 16.0 Å². The van der Waals surface area contributed by atoms with Crippen LogP contribution in [-0.2, 0) is 30.4 Å². The molecule has 3 amide bonds. The maximum Gasteiger partial charge on any atom is 0.407 e. The Balaban J connectivity index is 1.96. The number of rotatable bonds is 12. The van der Waals surface area contributed by atoms with Gasteiger partial charge < -0.3 is 35.3 Å². The van der Waals surface area contributed by atoms with E-state index < -0.39 is 58.9 Å². The summed E-state index contributed by atoms with van der Waals surface area (Å²) in [6.45, 7) is 14.5. The molecule has 11 heteroatoms. The molecule has 11 nitrogen and oxygen atoms in total. The Bertz CT molecular complexity index is 1200. The molecule has 4 unspecified atom stereocenters. The van der Waals surface area contributed by atoms with Gasteiger partial charge in [0.05, 0.1) is 5.92 Å². The Kier molecular flexibility index (Phi) is 13.0. The Labute approximate surface area is 260 Å². The molecule has 0 bridgehead atoms. The van der Waals surface area contributed by atoms with Gasteiger partial charge in [-0.05, 0) is 72.1 Å². The highest BCUT2D eigenvalue weighted by Gasteiger charge is 2.37. The zero-order chi connectivity index (χ0) is 33.1. The molecule has 0 aliphatic heterocycles. The van der Waals surface area contributed by atoms with Crippen molar-refractivity contribution in [2.45, 2.75) is 104 Å². The fourth-order valence-corrected chi connectivity index (χ4v) is 4.64. The predicted octanol–water partition coefficient (Wildman–Crippen LogP) is 4.89. The molecule has 0 spiro atoms. The van der Waals surface area contributed by atoms with Crippen molar-refractivity contribution < 1.29 is 38.5 Å². The van der Waals surface area contributed by atoms with E-state index in [0.717, 1.165) is 5.56 Å². The molecule has 1 aromatic rings. The number of hydrogen-bond acceptors (Lipinski definition) is 8. The van der Waals surface area contributed by atoms with Crippen molar-refractivity contribution in [3.8, 4) is 0 Å². The first kappa shape index (κ1) is 36.3. The van der Waals surface area contributed by atoms with E-state index in [9.17, 15) is 24.3 Å². The number of carbonyl (C=O) groups is 4.